The number of hydrogen-bond donors (Lipinski definition) is 2. The number of anilines is 1. The number of fused-ring (bicyclic) bond motifs is 1. The number of para-hydroxylation sites is 1. The molecule has 2 atom stereocenters. The molecule has 36 heavy (non-hydrogen) atoms. The topological polar surface area (TPSA) is 69.6 Å². The fourth-order valence-electron chi connectivity index (χ4n) is 5.73. The van der Waals surface area contributed by atoms with Crippen molar-refractivity contribution in [3.8, 4) is 0 Å². The van der Waals surface area contributed by atoms with Gasteiger partial charge in [0.1, 0.15) is 6.04 Å². The number of aryl methyl sites for hydroxylation is 1. The summed E-state index contributed by atoms with van der Waals surface area (Å²) in [5.41, 5.74) is 4.47. The van der Waals surface area contributed by atoms with Crippen LogP contribution in [0.3, 0.4) is 0 Å². The highest BCUT2D eigenvalue weighted by Gasteiger charge is 2.33. The van der Waals surface area contributed by atoms with Crippen molar-refractivity contribution in [2.45, 2.75) is 103 Å². The van der Waals surface area contributed by atoms with Crippen LogP contribution in [0.25, 0.3) is 0 Å². The summed E-state index contributed by atoms with van der Waals surface area (Å²) in [6.07, 6.45) is 9.03. The maximum absolute atomic E-state index is 13.9. The molecule has 1 heterocycles. The number of benzene rings is 2. The van der Waals surface area contributed by atoms with Gasteiger partial charge in [-0.3, -0.25) is 14.9 Å². The molecule has 0 spiro atoms. The lowest BCUT2D eigenvalue weighted by Gasteiger charge is -2.29. The highest BCUT2D eigenvalue weighted by Crippen LogP contribution is 2.31. The van der Waals surface area contributed by atoms with Crippen LogP contribution in [0.15, 0.2) is 48.5 Å². The Balaban J connectivity index is 1.51. The third kappa shape index (κ3) is 6.56. The first kappa shape index (κ1) is 26.4. The number of aliphatic carboxylic acids is 1. The quantitative estimate of drug-likeness (QED) is 0.460. The molecule has 1 aliphatic carbocycles. The Morgan fingerprint density at radius 3 is 2.39 bits per heavy atom. The van der Waals surface area contributed by atoms with E-state index in [1.165, 1.54) is 37.7 Å². The molecule has 1 saturated carbocycles. The zero-order valence-electron chi connectivity index (χ0n) is 22.1. The van der Waals surface area contributed by atoms with Gasteiger partial charge in [0.15, 0.2) is 0 Å². The van der Waals surface area contributed by atoms with E-state index in [9.17, 15) is 14.7 Å². The summed E-state index contributed by atoms with van der Waals surface area (Å²) in [7, 11) is 0. The molecule has 2 aromatic rings. The summed E-state index contributed by atoms with van der Waals surface area (Å²) < 4.78 is 0. The lowest BCUT2D eigenvalue weighted by Crippen LogP contribution is -2.51. The van der Waals surface area contributed by atoms with E-state index in [0.29, 0.717) is 25.3 Å². The van der Waals surface area contributed by atoms with Gasteiger partial charge in [0.2, 0.25) is 5.91 Å². The van der Waals surface area contributed by atoms with Crippen molar-refractivity contribution in [2.24, 2.45) is 5.92 Å². The largest absolute Gasteiger partial charge is 0.480 e. The number of rotatable bonds is 8. The van der Waals surface area contributed by atoms with Crippen LogP contribution in [-0.4, -0.2) is 29.1 Å². The Morgan fingerprint density at radius 1 is 1.03 bits per heavy atom. The monoisotopic (exact) mass is 490 g/mol. The highest BCUT2D eigenvalue weighted by molar-refractivity contribution is 5.98. The maximum Gasteiger partial charge on any atom is 0.320 e. The third-order valence-corrected chi connectivity index (χ3v) is 8.00. The third-order valence-electron chi connectivity index (χ3n) is 8.00. The van der Waals surface area contributed by atoms with Crippen molar-refractivity contribution in [2.75, 3.05) is 4.90 Å². The number of amides is 1. The Hall–Kier alpha value is -2.66. The van der Waals surface area contributed by atoms with E-state index in [1.54, 1.807) is 0 Å². The number of carbonyl (C=O) groups is 2. The predicted molar refractivity (Wildman–Crippen MR) is 145 cm³/mol. The summed E-state index contributed by atoms with van der Waals surface area (Å²) in [6, 6.07) is 15.4. The van der Waals surface area contributed by atoms with Gasteiger partial charge in [-0.25, -0.2) is 0 Å². The number of carboxylic acid groups (broad SMARTS) is 1. The molecule has 1 fully saturated rings. The lowest BCUT2D eigenvalue weighted by atomic mass is 9.85. The number of nitrogens with one attached hydrogen (secondary N) is 1. The summed E-state index contributed by atoms with van der Waals surface area (Å²) in [5.74, 6) is -0.280. The zero-order chi connectivity index (χ0) is 25.7. The number of hydrogen-bond acceptors (Lipinski definition) is 3. The van der Waals surface area contributed by atoms with Crippen LogP contribution in [0.4, 0.5) is 5.69 Å². The first-order valence-electron chi connectivity index (χ1n) is 13.7. The van der Waals surface area contributed by atoms with Gasteiger partial charge < -0.3 is 10.0 Å². The van der Waals surface area contributed by atoms with Gasteiger partial charge >= 0.3 is 5.97 Å². The number of nitrogens with zero attached hydrogens (tertiary/aromatic N) is 1. The minimum absolute atomic E-state index is 0.0382. The van der Waals surface area contributed by atoms with Crippen molar-refractivity contribution in [1.29, 1.82) is 0 Å². The Bertz CT molecular complexity index is 1030. The molecule has 0 aromatic heterocycles. The van der Waals surface area contributed by atoms with Crippen LogP contribution in [0, 0.1) is 5.92 Å². The Morgan fingerprint density at radius 2 is 1.72 bits per heavy atom. The van der Waals surface area contributed by atoms with Crippen LogP contribution >= 0.6 is 0 Å². The molecule has 2 aliphatic rings. The van der Waals surface area contributed by atoms with Crippen molar-refractivity contribution in [1.82, 2.24) is 5.32 Å². The second-order valence-electron chi connectivity index (χ2n) is 11.7. The van der Waals surface area contributed by atoms with Gasteiger partial charge in [-0.05, 0) is 59.8 Å². The minimum Gasteiger partial charge on any atom is -0.480 e. The van der Waals surface area contributed by atoms with E-state index >= 15 is 0 Å². The van der Waals surface area contributed by atoms with Gasteiger partial charge in [-0.15, -0.1) is 0 Å². The molecule has 0 saturated heterocycles. The van der Waals surface area contributed by atoms with E-state index in [-0.39, 0.29) is 11.3 Å². The van der Waals surface area contributed by atoms with Crippen LogP contribution in [-0.2, 0) is 28.0 Å². The lowest BCUT2D eigenvalue weighted by molar-refractivity contribution is -0.140. The van der Waals surface area contributed by atoms with Crippen molar-refractivity contribution < 1.29 is 14.7 Å². The molecule has 4 rings (SSSR count). The van der Waals surface area contributed by atoms with Crippen molar-refractivity contribution >= 4 is 17.6 Å². The van der Waals surface area contributed by atoms with Gasteiger partial charge in [-0.1, -0.05) is 95.3 Å². The normalized spacial score (nSPS) is 20.0. The van der Waals surface area contributed by atoms with Gasteiger partial charge in [0, 0.05) is 5.69 Å². The molecule has 1 unspecified atom stereocenters. The number of carboxylic acids is 1. The highest BCUT2D eigenvalue weighted by atomic mass is 16.4. The first-order valence-corrected chi connectivity index (χ1v) is 13.7. The van der Waals surface area contributed by atoms with Crippen molar-refractivity contribution in [3.63, 3.8) is 0 Å². The van der Waals surface area contributed by atoms with E-state index in [0.717, 1.165) is 29.7 Å². The first-order chi connectivity index (χ1) is 17.2. The van der Waals surface area contributed by atoms with E-state index < -0.39 is 18.1 Å². The van der Waals surface area contributed by atoms with Crippen LogP contribution in [0.1, 0.15) is 88.8 Å². The van der Waals surface area contributed by atoms with Crippen molar-refractivity contribution in [3.05, 3.63) is 65.2 Å². The average molecular weight is 491 g/mol. The smallest absolute Gasteiger partial charge is 0.320 e. The summed E-state index contributed by atoms with van der Waals surface area (Å²) in [6.45, 7) is 7.05. The van der Waals surface area contributed by atoms with Gasteiger partial charge in [0.05, 0.1) is 12.6 Å². The minimum atomic E-state index is -0.857. The molecule has 0 radical (unpaired) electrons. The fraction of sp³-hybridized carbons (Fsp3) is 0.548. The predicted octanol–water partition coefficient (Wildman–Crippen LogP) is 6.24. The number of carbonyl (C=O) groups excluding carboxylic acids is 1. The second kappa shape index (κ2) is 11.6. The molecule has 1 amide bonds. The molecule has 5 nitrogen and oxygen atoms in total. The Kier molecular flexibility index (Phi) is 8.50. The molecular formula is C31H42N2O3. The molecule has 2 N–H and O–H groups in total. The molecule has 2 aromatic carbocycles. The standard InChI is InChI=1S/C31H42N2O3/c1-31(2,3)25-17-13-23(14-18-25)21-33-28-12-8-7-11-24(28)16-20-26(29(33)34)32-27(30(35)36)19-15-22-9-5-4-6-10-22/h7-8,11-14,17-18,22,26-27,32H,4-6,9-10,15-16,19-21H2,1-3H3,(H,35,36)/t26?,27-/m0/s1. The summed E-state index contributed by atoms with van der Waals surface area (Å²) in [5, 5.41) is 13.2. The maximum atomic E-state index is 13.9. The molecule has 5 heteroatoms. The second-order valence-corrected chi connectivity index (χ2v) is 11.7. The van der Waals surface area contributed by atoms with E-state index in [4.69, 9.17) is 0 Å². The molecule has 194 valence electrons. The summed E-state index contributed by atoms with van der Waals surface area (Å²) in [4.78, 5) is 27.9. The van der Waals surface area contributed by atoms with Crippen LogP contribution < -0.4 is 10.2 Å². The fourth-order valence-corrected chi connectivity index (χ4v) is 5.73. The molecular weight excluding hydrogens is 448 g/mol. The van der Waals surface area contributed by atoms with Crippen LogP contribution in [0.2, 0.25) is 0 Å². The average Bonchev–Trinajstić information content (AvgIpc) is 2.99. The molecule has 0 bridgehead atoms. The van der Waals surface area contributed by atoms with Gasteiger partial charge in [0.25, 0.3) is 0 Å². The Labute approximate surface area is 216 Å². The van der Waals surface area contributed by atoms with Gasteiger partial charge in [-0.2, -0.15) is 0 Å². The zero-order valence-corrected chi connectivity index (χ0v) is 22.1. The van der Waals surface area contributed by atoms with Crippen LogP contribution in [0.5, 0.6) is 0 Å². The molecule has 1 aliphatic heterocycles. The van der Waals surface area contributed by atoms with E-state index in [1.807, 2.05) is 23.1 Å². The van der Waals surface area contributed by atoms with E-state index in [2.05, 4.69) is 56.4 Å². The summed E-state index contributed by atoms with van der Waals surface area (Å²) >= 11 is 0. The SMILES string of the molecule is CC(C)(C)c1ccc(CN2C(=O)C(N[C@@H](CCC3CCCCC3)C(=O)O)CCc3ccccc32)cc1.